The zero-order valence-electron chi connectivity index (χ0n) is 18.7. The molecule has 2 aromatic rings. The number of para-hydroxylation sites is 1. The zero-order chi connectivity index (χ0) is 22.2. The average Bonchev–Trinajstić information content (AvgIpc) is 3.53. The van der Waals surface area contributed by atoms with Crippen molar-refractivity contribution in [2.75, 3.05) is 38.2 Å². The number of aliphatic imine (C=N–C) groups is 1. The molecule has 0 spiro atoms. The highest BCUT2D eigenvalue weighted by Crippen LogP contribution is 2.19. The molecule has 2 saturated heterocycles. The molecule has 2 atom stereocenters. The summed E-state index contributed by atoms with van der Waals surface area (Å²) in [5.41, 5.74) is 2.96. The molecule has 3 N–H and O–H groups in total. The first-order chi connectivity index (χ1) is 15.7. The number of nitrogens with one attached hydrogen (secondary N) is 3. The summed E-state index contributed by atoms with van der Waals surface area (Å²) in [6.45, 7) is 3.94. The molecule has 0 saturated carbocycles. The second-order valence-electron chi connectivity index (χ2n) is 8.38. The number of anilines is 1. The van der Waals surface area contributed by atoms with Crippen molar-refractivity contribution in [1.29, 1.82) is 0 Å². The summed E-state index contributed by atoms with van der Waals surface area (Å²) >= 11 is 0. The summed E-state index contributed by atoms with van der Waals surface area (Å²) in [6.07, 6.45) is 3.30. The lowest BCUT2D eigenvalue weighted by Gasteiger charge is -2.20. The molecule has 0 radical (unpaired) electrons. The molecule has 2 unspecified atom stereocenters. The van der Waals surface area contributed by atoms with Gasteiger partial charge >= 0.3 is 0 Å². The number of hydrogen-bond acceptors (Lipinski definition) is 4. The minimum Gasteiger partial charge on any atom is -0.376 e. The highest BCUT2D eigenvalue weighted by Gasteiger charge is 2.23. The van der Waals surface area contributed by atoms with Crippen molar-refractivity contribution in [3.8, 4) is 0 Å². The fraction of sp³-hybridized carbons (Fsp3) is 0.440. The highest BCUT2D eigenvalue weighted by molar-refractivity contribution is 5.94. The molecule has 7 nitrogen and oxygen atoms in total. The molecule has 7 heteroatoms. The van der Waals surface area contributed by atoms with Crippen LogP contribution in [-0.4, -0.2) is 57.3 Å². The summed E-state index contributed by atoms with van der Waals surface area (Å²) < 4.78 is 5.58. The molecule has 170 valence electrons. The maximum Gasteiger partial charge on any atom is 0.251 e. The van der Waals surface area contributed by atoms with Crippen LogP contribution < -0.4 is 20.9 Å². The van der Waals surface area contributed by atoms with Gasteiger partial charge in [0.15, 0.2) is 5.96 Å². The van der Waals surface area contributed by atoms with E-state index in [-0.39, 0.29) is 12.0 Å². The Morgan fingerprint density at radius 1 is 1.12 bits per heavy atom. The summed E-state index contributed by atoms with van der Waals surface area (Å²) in [7, 11) is 1.79. The van der Waals surface area contributed by atoms with Gasteiger partial charge in [0.1, 0.15) is 0 Å². The van der Waals surface area contributed by atoms with Gasteiger partial charge in [0, 0.05) is 57.1 Å². The highest BCUT2D eigenvalue weighted by atomic mass is 16.5. The van der Waals surface area contributed by atoms with Crippen molar-refractivity contribution in [2.45, 2.75) is 38.0 Å². The minimum atomic E-state index is -0.0585. The van der Waals surface area contributed by atoms with Crippen LogP contribution in [0.1, 0.15) is 35.2 Å². The van der Waals surface area contributed by atoms with E-state index in [1.165, 1.54) is 5.69 Å². The van der Waals surface area contributed by atoms with Crippen LogP contribution in [0.25, 0.3) is 0 Å². The summed E-state index contributed by atoms with van der Waals surface area (Å²) in [4.78, 5) is 19.3. The standard InChI is InChI=1S/C25H33N5O2/c1-26-25(29-21-12-13-30(18-21)22-9-3-2-4-10-22)28-16-19-7-5-8-20(15-19)24(31)27-17-23-11-6-14-32-23/h2-5,7-10,15,21,23H,6,11-14,16-18H2,1H3,(H,27,31)(H2,26,28,29). The minimum absolute atomic E-state index is 0.0585. The van der Waals surface area contributed by atoms with Gasteiger partial charge in [-0.3, -0.25) is 9.79 Å². The third-order valence-corrected chi connectivity index (χ3v) is 6.04. The maximum atomic E-state index is 12.5. The smallest absolute Gasteiger partial charge is 0.251 e. The monoisotopic (exact) mass is 435 g/mol. The van der Waals surface area contributed by atoms with E-state index in [0.29, 0.717) is 24.7 Å². The summed E-state index contributed by atoms with van der Waals surface area (Å²) in [5.74, 6) is 0.718. The predicted octanol–water partition coefficient (Wildman–Crippen LogP) is 2.54. The SMILES string of the molecule is CN=C(NCc1cccc(C(=O)NCC2CCCO2)c1)NC1CCN(c2ccccc2)C1. The maximum absolute atomic E-state index is 12.5. The Morgan fingerprint density at radius 3 is 2.78 bits per heavy atom. The second-order valence-corrected chi connectivity index (χ2v) is 8.38. The third kappa shape index (κ3) is 6.01. The Kier molecular flexibility index (Phi) is 7.61. The van der Waals surface area contributed by atoms with E-state index in [2.05, 4.69) is 50.1 Å². The molecular formula is C25H33N5O2. The number of benzene rings is 2. The molecule has 4 rings (SSSR count). The van der Waals surface area contributed by atoms with E-state index < -0.39 is 0 Å². The normalized spacial score (nSPS) is 20.9. The topological polar surface area (TPSA) is 78.0 Å². The van der Waals surface area contributed by atoms with E-state index in [1.807, 2.05) is 30.3 Å². The number of ether oxygens (including phenoxy) is 1. The lowest BCUT2D eigenvalue weighted by atomic mass is 10.1. The Balaban J connectivity index is 1.25. The number of amides is 1. The number of rotatable bonds is 7. The van der Waals surface area contributed by atoms with Gasteiger partial charge in [-0.15, -0.1) is 0 Å². The van der Waals surface area contributed by atoms with Gasteiger partial charge in [-0.2, -0.15) is 0 Å². The van der Waals surface area contributed by atoms with Crippen molar-refractivity contribution >= 4 is 17.6 Å². The van der Waals surface area contributed by atoms with E-state index in [4.69, 9.17) is 4.74 Å². The van der Waals surface area contributed by atoms with E-state index in [1.54, 1.807) is 7.05 Å². The molecule has 1 amide bonds. The zero-order valence-corrected chi connectivity index (χ0v) is 18.7. The number of nitrogens with zero attached hydrogens (tertiary/aromatic N) is 2. The lowest BCUT2D eigenvalue weighted by Crippen LogP contribution is -2.44. The van der Waals surface area contributed by atoms with Gasteiger partial charge in [0.05, 0.1) is 6.10 Å². The Bertz CT molecular complexity index is 912. The van der Waals surface area contributed by atoms with E-state index >= 15 is 0 Å². The molecule has 2 fully saturated rings. The fourth-order valence-electron chi connectivity index (χ4n) is 4.26. The first-order valence-electron chi connectivity index (χ1n) is 11.5. The number of hydrogen-bond donors (Lipinski definition) is 3. The summed E-state index contributed by atoms with van der Waals surface area (Å²) in [5, 5.41) is 9.89. The first-order valence-corrected chi connectivity index (χ1v) is 11.5. The number of guanidine groups is 1. The van der Waals surface area contributed by atoms with Gasteiger partial charge in [0.25, 0.3) is 5.91 Å². The molecule has 32 heavy (non-hydrogen) atoms. The Hall–Kier alpha value is -3.06. The van der Waals surface area contributed by atoms with Crippen LogP contribution in [0, 0.1) is 0 Å². The van der Waals surface area contributed by atoms with Crippen LogP contribution in [0.15, 0.2) is 59.6 Å². The molecule has 0 bridgehead atoms. The lowest BCUT2D eigenvalue weighted by molar-refractivity contribution is 0.0857. The molecule has 2 aliphatic heterocycles. The quantitative estimate of drug-likeness (QED) is 0.460. The molecule has 0 aliphatic carbocycles. The molecule has 0 aromatic heterocycles. The van der Waals surface area contributed by atoms with Gasteiger partial charge < -0.3 is 25.6 Å². The van der Waals surface area contributed by atoms with Crippen molar-refractivity contribution in [3.05, 3.63) is 65.7 Å². The molecule has 2 aromatic carbocycles. The second kappa shape index (κ2) is 11.0. The molecule has 2 aliphatic rings. The number of carbonyl (C=O) groups is 1. The van der Waals surface area contributed by atoms with E-state index in [9.17, 15) is 4.79 Å². The van der Waals surface area contributed by atoms with Crippen LogP contribution in [0.3, 0.4) is 0 Å². The van der Waals surface area contributed by atoms with Crippen molar-refractivity contribution in [2.24, 2.45) is 4.99 Å². The van der Waals surface area contributed by atoms with E-state index in [0.717, 1.165) is 50.5 Å². The van der Waals surface area contributed by atoms with Crippen molar-refractivity contribution in [3.63, 3.8) is 0 Å². The van der Waals surface area contributed by atoms with Crippen molar-refractivity contribution < 1.29 is 9.53 Å². The fourth-order valence-corrected chi connectivity index (χ4v) is 4.26. The Morgan fingerprint density at radius 2 is 2.00 bits per heavy atom. The summed E-state index contributed by atoms with van der Waals surface area (Å²) in [6, 6.07) is 18.6. The van der Waals surface area contributed by atoms with Crippen LogP contribution in [0.5, 0.6) is 0 Å². The molecular weight excluding hydrogens is 402 g/mol. The van der Waals surface area contributed by atoms with Crippen LogP contribution in [0.4, 0.5) is 5.69 Å². The van der Waals surface area contributed by atoms with Crippen LogP contribution >= 0.6 is 0 Å². The van der Waals surface area contributed by atoms with Crippen LogP contribution in [-0.2, 0) is 11.3 Å². The van der Waals surface area contributed by atoms with Crippen molar-refractivity contribution in [1.82, 2.24) is 16.0 Å². The predicted molar refractivity (Wildman–Crippen MR) is 128 cm³/mol. The van der Waals surface area contributed by atoms with Gasteiger partial charge in [-0.1, -0.05) is 30.3 Å². The van der Waals surface area contributed by atoms with Gasteiger partial charge in [-0.05, 0) is 49.1 Å². The largest absolute Gasteiger partial charge is 0.376 e. The van der Waals surface area contributed by atoms with Gasteiger partial charge in [0.2, 0.25) is 0 Å². The van der Waals surface area contributed by atoms with Crippen LogP contribution in [0.2, 0.25) is 0 Å². The average molecular weight is 436 g/mol. The number of carbonyl (C=O) groups excluding carboxylic acids is 1. The third-order valence-electron chi connectivity index (χ3n) is 6.04. The van der Waals surface area contributed by atoms with Gasteiger partial charge in [-0.25, -0.2) is 0 Å². The Labute approximate surface area is 190 Å². The first kappa shape index (κ1) is 22.1. The molecule has 2 heterocycles.